The van der Waals surface area contributed by atoms with Gasteiger partial charge in [-0.15, -0.1) is 11.8 Å². The fourth-order valence-electron chi connectivity index (χ4n) is 1.85. The number of hydrogen-bond donors (Lipinski definition) is 1. The van der Waals surface area contributed by atoms with Gasteiger partial charge in [-0.1, -0.05) is 33.1 Å². The number of hydrogen-bond acceptors (Lipinski definition) is 2. The van der Waals surface area contributed by atoms with Gasteiger partial charge in [-0.3, -0.25) is 0 Å². The van der Waals surface area contributed by atoms with Crippen LogP contribution in [0, 0.1) is 12.8 Å². The van der Waals surface area contributed by atoms with Crippen LogP contribution in [0.1, 0.15) is 45.1 Å². The average Bonchev–Trinajstić information content (AvgIpc) is 2.34. The molecule has 2 N–H and O–H groups in total. The minimum Gasteiger partial charge on any atom is -0.399 e. The number of thioether (sulfide) groups is 1. The van der Waals surface area contributed by atoms with Gasteiger partial charge in [0.15, 0.2) is 0 Å². The van der Waals surface area contributed by atoms with Gasteiger partial charge in [0, 0.05) is 16.3 Å². The summed E-state index contributed by atoms with van der Waals surface area (Å²) in [6, 6.07) is 6.36. The van der Waals surface area contributed by atoms with Gasteiger partial charge < -0.3 is 5.73 Å². The van der Waals surface area contributed by atoms with Crippen LogP contribution in [0.2, 0.25) is 0 Å². The zero-order chi connectivity index (χ0) is 12.7. The normalized spacial score (nSPS) is 12.6. The zero-order valence-corrected chi connectivity index (χ0v) is 12.1. The Hall–Kier alpha value is -0.630. The van der Waals surface area contributed by atoms with E-state index < -0.39 is 0 Å². The van der Waals surface area contributed by atoms with E-state index in [9.17, 15) is 0 Å². The van der Waals surface area contributed by atoms with E-state index in [1.807, 2.05) is 17.8 Å². The highest BCUT2D eigenvalue weighted by molar-refractivity contribution is 7.99. The lowest BCUT2D eigenvalue weighted by Gasteiger charge is -2.14. The number of aryl methyl sites for hydroxylation is 1. The van der Waals surface area contributed by atoms with E-state index in [0.29, 0.717) is 0 Å². The van der Waals surface area contributed by atoms with Gasteiger partial charge >= 0.3 is 0 Å². The minimum atomic E-state index is 0.859. The maximum atomic E-state index is 5.83. The maximum Gasteiger partial charge on any atom is 0.0344 e. The van der Waals surface area contributed by atoms with Crippen LogP contribution >= 0.6 is 11.8 Å². The van der Waals surface area contributed by atoms with Crippen LogP contribution in [0.15, 0.2) is 23.1 Å². The molecule has 1 nitrogen and oxygen atoms in total. The molecule has 1 unspecified atom stereocenters. The molecule has 1 rings (SSSR count). The molecule has 0 bridgehead atoms. The molecule has 0 aliphatic heterocycles. The Labute approximate surface area is 110 Å². The maximum absolute atomic E-state index is 5.83. The third-order valence-electron chi connectivity index (χ3n) is 3.27. The first-order chi connectivity index (χ1) is 8.17. The molecule has 1 aromatic rings. The summed E-state index contributed by atoms with van der Waals surface area (Å²) >= 11 is 1.97. The van der Waals surface area contributed by atoms with Crippen molar-refractivity contribution in [1.29, 1.82) is 0 Å². The Bertz CT molecular complexity index is 336. The number of rotatable bonds is 7. The summed E-state index contributed by atoms with van der Waals surface area (Å²) in [5.74, 6) is 2.10. The van der Waals surface area contributed by atoms with Crippen molar-refractivity contribution in [1.82, 2.24) is 0 Å². The second-order valence-electron chi connectivity index (χ2n) is 4.75. The summed E-state index contributed by atoms with van der Waals surface area (Å²) in [6.07, 6.45) is 5.33. The number of nitrogen functional groups attached to an aromatic ring is 1. The van der Waals surface area contributed by atoms with Gasteiger partial charge in [0.1, 0.15) is 0 Å². The Morgan fingerprint density at radius 3 is 2.65 bits per heavy atom. The van der Waals surface area contributed by atoms with Crippen LogP contribution in [-0.4, -0.2) is 5.75 Å². The highest BCUT2D eigenvalue weighted by Gasteiger charge is 2.07. The Kier molecular flexibility index (Phi) is 6.49. The summed E-state index contributed by atoms with van der Waals surface area (Å²) in [5, 5.41) is 0. The molecule has 0 saturated heterocycles. The fraction of sp³-hybridized carbons (Fsp3) is 0.600. The summed E-state index contributed by atoms with van der Waals surface area (Å²) in [5.41, 5.74) is 7.91. The topological polar surface area (TPSA) is 26.0 Å². The lowest BCUT2D eigenvalue weighted by Crippen LogP contribution is -2.02. The van der Waals surface area contributed by atoms with Crippen molar-refractivity contribution in [3.63, 3.8) is 0 Å². The van der Waals surface area contributed by atoms with E-state index in [2.05, 4.69) is 32.9 Å². The molecule has 0 heterocycles. The van der Waals surface area contributed by atoms with Gasteiger partial charge in [0.2, 0.25) is 0 Å². The molecule has 0 aliphatic carbocycles. The molecular formula is C15H25NS. The number of unbranched alkanes of at least 4 members (excludes halogenated alkanes) is 1. The summed E-state index contributed by atoms with van der Waals surface area (Å²) < 4.78 is 0. The standard InChI is InChI=1S/C15H25NS/c1-4-6-7-13(5-2)11-17-14-8-9-15(16)12(3)10-14/h8-10,13H,4-7,11,16H2,1-3H3. The van der Waals surface area contributed by atoms with Crippen LogP contribution in [0.5, 0.6) is 0 Å². The summed E-state index contributed by atoms with van der Waals surface area (Å²) in [4.78, 5) is 1.35. The van der Waals surface area contributed by atoms with Crippen molar-refractivity contribution < 1.29 is 0 Å². The van der Waals surface area contributed by atoms with E-state index in [1.165, 1.54) is 41.9 Å². The van der Waals surface area contributed by atoms with E-state index >= 15 is 0 Å². The highest BCUT2D eigenvalue weighted by Crippen LogP contribution is 2.27. The molecule has 1 aromatic carbocycles. The van der Waals surface area contributed by atoms with Crippen molar-refractivity contribution in [2.24, 2.45) is 5.92 Å². The molecule has 1 atom stereocenters. The first kappa shape index (κ1) is 14.4. The molecule has 0 spiro atoms. The van der Waals surface area contributed by atoms with E-state index in [0.717, 1.165) is 11.6 Å². The molecular weight excluding hydrogens is 226 g/mol. The third kappa shape index (κ3) is 5.03. The van der Waals surface area contributed by atoms with E-state index in [4.69, 9.17) is 5.73 Å². The molecule has 0 fully saturated rings. The average molecular weight is 251 g/mol. The Balaban J connectivity index is 2.45. The lowest BCUT2D eigenvalue weighted by atomic mass is 10.0. The van der Waals surface area contributed by atoms with Crippen LogP contribution in [0.4, 0.5) is 5.69 Å². The third-order valence-corrected chi connectivity index (χ3v) is 4.50. The lowest BCUT2D eigenvalue weighted by molar-refractivity contribution is 0.499. The largest absolute Gasteiger partial charge is 0.399 e. The van der Waals surface area contributed by atoms with Crippen LogP contribution in [0.25, 0.3) is 0 Å². The number of anilines is 1. The van der Waals surface area contributed by atoms with Crippen molar-refractivity contribution in [2.75, 3.05) is 11.5 Å². The van der Waals surface area contributed by atoms with Crippen LogP contribution in [0.3, 0.4) is 0 Å². The van der Waals surface area contributed by atoms with Crippen LogP contribution < -0.4 is 5.73 Å². The number of benzene rings is 1. The van der Waals surface area contributed by atoms with E-state index in [1.54, 1.807) is 0 Å². The van der Waals surface area contributed by atoms with Gasteiger partial charge in [-0.25, -0.2) is 0 Å². The summed E-state index contributed by atoms with van der Waals surface area (Å²) in [7, 11) is 0. The van der Waals surface area contributed by atoms with E-state index in [-0.39, 0.29) is 0 Å². The fourth-order valence-corrected chi connectivity index (χ4v) is 3.11. The zero-order valence-electron chi connectivity index (χ0n) is 11.3. The molecule has 0 aliphatic rings. The van der Waals surface area contributed by atoms with Gasteiger partial charge in [-0.2, -0.15) is 0 Å². The predicted molar refractivity (Wildman–Crippen MR) is 79.6 cm³/mol. The molecule has 2 heteroatoms. The van der Waals surface area contributed by atoms with Crippen molar-refractivity contribution in [3.05, 3.63) is 23.8 Å². The minimum absolute atomic E-state index is 0.859. The SMILES string of the molecule is CCCCC(CC)CSc1ccc(N)c(C)c1. The Morgan fingerprint density at radius 2 is 2.06 bits per heavy atom. The highest BCUT2D eigenvalue weighted by atomic mass is 32.2. The molecule has 17 heavy (non-hydrogen) atoms. The molecule has 0 aromatic heterocycles. The first-order valence-electron chi connectivity index (χ1n) is 6.66. The smallest absolute Gasteiger partial charge is 0.0344 e. The predicted octanol–water partition coefficient (Wildman–Crippen LogP) is 4.89. The molecule has 0 amide bonds. The van der Waals surface area contributed by atoms with Crippen LogP contribution in [-0.2, 0) is 0 Å². The van der Waals surface area contributed by atoms with Gasteiger partial charge in [0.25, 0.3) is 0 Å². The summed E-state index contributed by atoms with van der Waals surface area (Å²) in [6.45, 7) is 6.64. The van der Waals surface area contributed by atoms with Crippen molar-refractivity contribution >= 4 is 17.4 Å². The van der Waals surface area contributed by atoms with Crippen molar-refractivity contribution in [3.8, 4) is 0 Å². The monoisotopic (exact) mass is 251 g/mol. The molecule has 0 radical (unpaired) electrons. The second kappa shape index (κ2) is 7.65. The quantitative estimate of drug-likeness (QED) is 0.552. The van der Waals surface area contributed by atoms with Gasteiger partial charge in [-0.05, 0) is 43.0 Å². The second-order valence-corrected chi connectivity index (χ2v) is 5.84. The molecule has 96 valence electrons. The molecule has 0 saturated carbocycles. The van der Waals surface area contributed by atoms with Gasteiger partial charge in [0.05, 0.1) is 0 Å². The number of nitrogens with two attached hydrogens (primary N) is 1. The Morgan fingerprint density at radius 1 is 1.29 bits per heavy atom. The van der Waals surface area contributed by atoms with Crippen molar-refractivity contribution in [2.45, 2.75) is 51.3 Å². The first-order valence-corrected chi connectivity index (χ1v) is 7.64.